The molecule has 2 aromatic carbocycles. The number of benzene rings is 2. The van der Waals surface area contributed by atoms with Crippen LogP contribution in [-0.4, -0.2) is 43.8 Å². The average molecular weight is 467 g/mol. The van der Waals surface area contributed by atoms with Gasteiger partial charge in [0, 0.05) is 31.1 Å². The van der Waals surface area contributed by atoms with Crippen LogP contribution in [0.5, 0.6) is 0 Å². The van der Waals surface area contributed by atoms with Crippen molar-refractivity contribution >= 4 is 25.5 Å². The van der Waals surface area contributed by atoms with Crippen LogP contribution in [0.4, 0.5) is 8.78 Å². The van der Waals surface area contributed by atoms with E-state index in [1.54, 1.807) is 18.2 Å². The van der Waals surface area contributed by atoms with Crippen LogP contribution < -0.4 is 9.44 Å². The first kappa shape index (κ1) is 21.9. The molecule has 6 nitrogen and oxygen atoms in total. The molecule has 2 atom stereocenters. The van der Waals surface area contributed by atoms with Gasteiger partial charge in [0.2, 0.25) is 0 Å². The Kier molecular flexibility index (Phi) is 6.42. The molecule has 2 N–H and O–H groups in total. The van der Waals surface area contributed by atoms with E-state index in [-0.39, 0.29) is 16.8 Å². The lowest BCUT2D eigenvalue weighted by Crippen LogP contribution is -2.36. The zero-order valence-corrected chi connectivity index (χ0v) is 18.4. The van der Waals surface area contributed by atoms with Crippen LogP contribution in [0, 0.1) is 0 Å². The molecule has 0 spiro atoms. The van der Waals surface area contributed by atoms with Crippen LogP contribution in [0.3, 0.4) is 0 Å². The Bertz CT molecular complexity index is 1080. The lowest BCUT2D eigenvalue weighted by molar-refractivity contribution is 0.325. The molecule has 0 aromatic heterocycles. The number of hydrogen-bond donors (Lipinski definition) is 2. The first-order chi connectivity index (χ1) is 14.9. The van der Waals surface area contributed by atoms with E-state index in [1.165, 1.54) is 23.1 Å². The van der Waals surface area contributed by atoms with Gasteiger partial charge in [-0.1, -0.05) is 58.7 Å². The summed E-state index contributed by atoms with van der Waals surface area (Å²) in [5, 5.41) is 0.366. The zero-order chi connectivity index (χ0) is 21.9. The van der Waals surface area contributed by atoms with E-state index in [0.29, 0.717) is 6.54 Å². The van der Waals surface area contributed by atoms with E-state index < -0.39 is 31.5 Å². The molecule has 2 aliphatic heterocycles. The molecule has 0 bridgehead atoms. The third kappa shape index (κ3) is 4.98. The number of likely N-dealkylation sites (tertiary alicyclic amines) is 1. The van der Waals surface area contributed by atoms with Crippen LogP contribution in [-0.2, 0) is 16.6 Å². The second kappa shape index (κ2) is 9.07. The molecule has 31 heavy (non-hydrogen) atoms. The summed E-state index contributed by atoms with van der Waals surface area (Å²) in [6.07, 6.45) is 0.744. The lowest BCUT2D eigenvalue weighted by atomic mass is 10.2. The van der Waals surface area contributed by atoms with Crippen molar-refractivity contribution in [3.05, 3.63) is 77.5 Å². The Hall–Kier alpha value is -2.27. The van der Waals surface area contributed by atoms with Gasteiger partial charge in [-0.2, -0.15) is 9.38 Å². The highest BCUT2D eigenvalue weighted by Gasteiger charge is 2.39. The number of sulfonamides is 1. The van der Waals surface area contributed by atoms with Gasteiger partial charge in [0.05, 0.1) is 4.90 Å². The maximum atomic E-state index is 14.8. The summed E-state index contributed by atoms with van der Waals surface area (Å²) in [5.41, 5.74) is 1.18. The summed E-state index contributed by atoms with van der Waals surface area (Å²) in [6, 6.07) is 16.6. The highest BCUT2D eigenvalue weighted by molar-refractivity contribution is 8.46. The Morgan fingerprint density at radius 2 is 1.77 bits per heavy atom. The van der Waals surface area contributed by atoms with Gasteiger partial charge in [0.25, 0.3) is 15.3 Å². The molecule has 0 aliphatic carbocycles. The molecular formula is C21H24F2N4O2S2. The predicted molar refractivity (Wildman–Crippen MR) is 120 cm³/mol. The summed E-state index contributed by atoms with van der Waals surface area (Å²) < 4.78 is 59.2. The van der Waals surface area contributed by atoms with Gasteiger partial charge in [-0.15, -0.1) is 0 Å². The van der Waals surface area contributed by atoms with E-state index in [0.717, 1.165) is 19.5 Å². The molecule has 2 aromatic rings. The van der Waals surface area contributed by atoms with Crippen molar-refractivity contribution in [3.63, 3.8) is 0 Å². The van der Waals surface area contributed by atoms with Crippen LogP contribution in [0.15, 0.2) is 81.8 Å². The minimum atomic E-state index is -3.93. The average Bonchev–Trinajstić information content (AvgIpc) is 3.33. The van der Waals surface area contributed by atoms with Crippen molar-refractivity contribution in [2.45, 2.75) is 23.9 Å². The van der Waals surface area contributed by atoms with Crippen molar-refractivity contribution in [2.75, 3.05) is 19.1 Å². The van der Waals surface area contributed by atoms with Crippen LogP contribution in [0.25, 0.3) is 0 Å². The van der Waals surface area contributed by atoms with Crippen molar-refractivity contribution in [1.29, 1.82) is 0 Å². The van der Waals surface area contributed by atoms with E-state index >= 15 is 0 Å². The fourth-order valence-corrected chi connectivity index (χ4v) is 6.79. The molecule has 2 heterocycles. The summed E-state index contributed by atoms with van der Waals surface area (Å²) in [5.74, 6) is -0.194. The van der Waals surface area contributed by atoms with Crippen LogP contribution >= 0.6 is 10.2 Å². The number of nitrogens with one attached hydrogen (secondary N) is 2. The highest BCUT2D eigenvalue weighted by Crippen LogP contribution is 2.53. The van der Waals surface area contributed by atoms with Crippen molar-refractivity contribution in [2.24, 2.45) is 4.99 Å². The standard InChI is InChI=1S/C21H24F2N4O2S2/c22-16-30(25-18-11-12-27(14-18)13-17-7-3-1-4-8-17)15-20(24-21(30)23)26-31(28,29)19-9-5-2-6-10-19/h1-10,15,18,25-26H,11-14,16H2/t18-/m0/s1. The fraction of sp³-hybridized carbons (Fsp3) is 0.286. The molecule has 1 unspecified atom stereocenters. The second-order valence-corrected chi connectivity index (χ2v) is 11.8. The Balaban J connectivity index is 1.44. The Morgan fingerprint density at radius 1 is 1.10 bits per heavy atom. The van der Waals surface area contributed by atoms with E-state index in [4.69, 9.17) is 0 Å². The van der Waals surface area contributed by atoms with Gasteiger partial charge in [0.15, 0.2) is 0 Å². The third-order valence-corrected chi connectivity index (χ3v) is 8.97. The Labute approximate surface area is 182 Å². The maximum Gasteiger partial charge on any atom is 0.263 e. The molecule has 1 fully saturated rings. The molecule has 1 saturated heterocycles. The first-order valence-electron chi connectivity index (χ1n) is 9.85. The van der Waals surface area contributed by atoms with E-state index in [2.05, 4.69) is 19.3 Å². The predicted octanol–water partition coefficient (Wildman–Crippen LogP) is 3.61. The summed E-state index contributed by atoms with van der Waals surface area (Å²) in [7, 11) is -6.74. The summed E-state index contributed by atoms with van der Waals surface area (Å²) in [6.45, 7) is 2.23. The molecule has 0 saturated carbocycles. The number of halogens is 2. The monoisotopic (exact) mass is 466 g/mol. The van der Waals surface area contributed by atoms with Gasteiger partial charge in [-0.05, 0) is 24.1 Å². The maximum absolute atomic E-state index is 14.8. The van der Waals surface area contributed by atoms with Crippen molar-refractivity contribution < 1.29 is 17.2 Å². The minimum Gasteiger partial charge on any atom is -0.297 e. The SMILES string of the molecule is O=S(=O)(NC1=CS(CF)(N[C@H]2CCN(Cc3ccccc3)C2)C(F)=N1)c1ccccc1. The van der Waals surface area contributed by atoms with Crippen molar-refractivity contribution in [3.8, 4) is 0 Å². The van der Waals surface area contributed by atoms with E-state index in [9.17, 15) is 17.2 Å². The molecule has 166 valence electrons. The smallest absolute Gasteiger partial charge is 0.263 e. The topological polar surface area (TPSA) is 73.8 Å². The van der Waals surface area contributed by atoms with Gasteiger partial charge < -0.3 is 0 Å². The van der Waals surface area contributed by atoms with Gasteiger partial charge in [0.1, 0.15) is 11.8 Å². The normalized spacial score (nSPS) is 26.2. The summed E-state index contributed by atoms with van der Waals surface area (Å²) in [4.78, 5) is 5.95. The van der Waals surface area contributed by atoms with Crippen LogP contribution in [0.1, 0.15) is 12.0 Å². The van der Waals surface area contributed by atoms with Crippen LogP contribution in [0.2, 0.25) is 0 Å². The van der Waals surface area contributed by atoms with E-state index in [1.807, 2.05) is 30.3 Å². The lowest BCUT2D eigenvalue weighted by Gasteiger charge is -2.32. The minimum absolute atomic E-state index is 0.0274. The first-order valence-corrected chi connectivity index (χ1v) is 13.2. The zero-order valence-electron chi connectivity index (χ0n) is 16.7. The quantitative estimate of drug-likeness (QED) is 0.623. The summed E-state index contributed by atoms with van der Waals surface area (Å²) >= 11 is 0. The second-order valence-electron chi connectivity index (χ2n) is 7.51. The highest BCUT2D eigenvalue weighted by atomic mass is 32.3. The molecule has 0 amide bonds. The Morgan fingerprint density at radius 3 is 2.45 bits per heavy atom. The number of rotatable bonds is 8. The number of alkyl halides is 1. The van der Waals surface area contributed by atoms with Gasteiger partial charge in [-0.25, -0.2) is 12.8 Å². The third-order valence-electron chi connectivity index (χ3n) is 5.18. The number of aliphatic imine (C=N–C) groups is 1. The molecule has 2 aliphatic rings. The largest absolute Gasteiger partial charge is 0.297 e. The van der Waals surface area contributed by atoms with Gasteiger partial charge in [-0.3, -0.25) is 14.3 Å². The molecule has 10 heteroatoms. The molecular weight excluding hydrogens is 442 g/mol. The number of nitrogens with zero attached hydrogens (tertiary/aromatic N) is 2. The molecule has 0 radical (unpaired) electrons. The molecule has 4 rings (SSSR count). The van der Waals surface area contributed by atoms with Gasteiger partial charge >= 0.3 is 0 Å². The fourth-order valence-electron chi connectivity index (χ4n) is 3.69. The van der Waals surface area contributed by atoms with Crippen molar-refractivity contribution in [1.82, 2.24) is 14.3 Å². The number of hydrogen-bond acceptors (Lipinski definition) is 5.